The summed E-state index contributed by atoms with van der Waals surface area (Å²) in [7, 11) is 0. The van der Waals surface area contributed by atoms with Crippen LogP contribution in [0.1, 0.15) is 28.6 Å². The zero-order valence-electron chi connectivity index (χ0n) is 21.1. The first-order chi connectivity index (χ1) is 18.8. The highest BCUT2D eigenvalue weighted by molar-refractivity contribution is 9.10. The normalized spacial score (nSPS) is 11.9. The number of benzene rings is 3. The number of carbonyl (C=O) groups excluding carboxylic acids is 3. The molecule has 0 aliphatic heterocycles. The largest absolute Gasteiger partial charge is 0.360 e. The number of hydrogen-bond donors (Lipinski definition) is 3. The number of aryl methyl sites for hydroxylation is 1. The molecule has 3 aromatic carbocycles. The molecule has 10 heteroatoms. The van der Waals surface area contributed by atoms with Gasteiger partial charge in [0.25, 0.3) is 11.8 Å². The van der Waals surface area contributed by atoms with Crippen LogP contribution in [0, 0.1) is 6.92 Å². The van der Waals surface area contributed by atoms with E-state index in [1.807, 2.05) is 42.5 Å². The predicted molar refractivity (Wildman–Crippen MR) is 156 cm³/mol. The standard InChI is InChI=1S/C29H25BrN4O4S/c1-18-15-26(34-38-18)33-27(35)19(2)39-24-13-11-23(12-14-24)31-29(37)25(17-20-7-6-10-22(30)16-20)32-28(36)21-8-4-3-5-9-21/h3-17,19H,1-2H3,(H,31,37)(H,32,36)(H,33,34,35)/b25-17-. The van der Waals surface area contributed by atoms with E-state index in [1.165, 1.54) is 11.8 Å². The second-order valence-corrected chi connectivity index (χ2v) is 10.8. The van der Waals surface area contributed by atoms with Gasteiger partial charge < -0.3 is 20.5 Å². The monoisotopic (exact) mass is 604 g/mol. The molecule has 39 heavy (non-hydrogen) atoms. The lowest BCUT2D eigenvalue weighted by molar-refractivity contribution is -0.115. The molecule has 1 heterocycles. The van der Waals surface area contributed by atoms with E-state index in [9.17, 15) is 14.4 Å². The number of carbonyl (C=O) groups is 3. The molecule has 1 aromatic heterocycles. The Hall–Kier alpha value is -4.15. The van der Waals surface area contributed by atoms with Crippen molar-refractivity contribution in [1.29, 1.82) is 0 Å². The van der Waals surface area contributed by atoms with Crippen molar-refractivity contribution in [3.05, 3.63) is 112 Å². The van der Waals surface area contributed by atoms with Gasteiger partial charge in [0.15, 0.2) is 5.82 Å². The third-order valence-electron chi connectivity index (χ3n) is 5.36. The van der Waals surface area contributed by atoms with Crippen LogP contribution in [0.2, 0.25) is 0 Å². The summed E-state index contributed by atoms with van der Waals surface area (Å²) in [5.41, 5.74) is 1.80. The average molecular weight is 606 g/mol. The molecule has 198 valence electrons. The number of thioether (sulfide) groups is 1. The minimum Gasteiger partial charge on any atom is -0.360 e. The Kier molecular flexibility index (Phi) is 9.35. The Morgan fingerprint density at radius 2 is 1.69 bits per heavy atom. The van der Waals surface area contributed by atoms with Gasteiger partial charge in [0, 0.05) is 26.7 Å². The molecule has 0 saturated heterocycles. The van der Waals surface area contributed by atoms with Gasteiger partial charge in [-0.25, -0.2) is 0 Å². The van der Waals surface area contributed by atoms with Gasteiger partial charge in [-0.1, -0.05) is 51.4 Å². The van der Waals surface area contributed by atoms with Crippen molar-refractivity contribution in [1.82, 2.24) is 10.5 Å². The first-order valence-electron chi connectivity index (χ1n) is 11.9. The molecule has 0 aliphatic rings. The van der Waals surface area contributed by atoms with Crippen molar-refractivity contribution >= 4 is 63.0 Å². The summed E-state index contributed by atoms with van der Waals surface area (Å²) in [4.78, 5) is 39.3. The summed E-state index contributed by atoms with van der Waals surface area (Å²) in [6, 6.07) is 24.8. The zero-order valence-corrected chi connectivity index (χ0v) is 23.5. The summed E-state index contributed by atoms with van der Waals surface area (Å²) in [6.45, 7) is 3.54. The quantitative estimate of drug-likeness (QED) is 0.153. The van der Waals surface area contributed by atoms with Gasteiger partial charge in [-0.2, -0.15) is 0 Å². The van der Waals surface area contributed by atoms with Gasteiger partial charge in [0.2, 0.25) is 5.91 Å². The van der Waals surface area contributed by atoms with Crippen LogP contribution >= 0.6 is 27.7 Å². The predicted octanol–water partition coefficient (Wildman–Crippen LogP) is 6.27. The zero-order chi connectivity index (χ0) is 27.8. The van der Waals surface area contributed by atoms with Crippen LogP contribution in [0.4, 0.5) is 11.5 Å². The Morgan fingerprint density at radius 3 is 2.36 bits per heavy atom. The second-order valence-electron chi connectivity index (χ2n) is 8.48. The molecular formula is C29H25BrN4O4S. The van der Waals surface area contributed by atoms with E-state index in [-0.39, 0.29) is 11.6 Å². The van der Waals surface area contributed by atoms with Crippen molar-refractivity contribution in [3.63, 3.8) is 0 Å². The summed E-state index contributed by atoms with van der Waals surface area (Å²) in [5, 5.41) is 11.7. The fourth-order valence-electron chi connectivity index (χ4n) is 3.43. The third-order valence-corrected chi connectivity index (χ3v) is 6.97. The number of amides is 3. The van der Waals surface area contributed by atoms with E-state index in [4.69, 9.17) is 4.52 Å². The lowest BCUT2D eigenvalue weighted by Crippen LogP contribution is -2.30. The van der Waals surface area contributed by atoms with Crippen LogP contribution < -0.4 is 16.0 Å². The molecule has 0 fully saturated rings. The summed E-state index contributed by atoms with van der Waals surface area (Å²) in [6.07, 6.45) is 1.61. The van der Waals surface area contributed by atoms with Crippen molar-refractivity contribution in [2.75, 3.05) is 10.6 Å². The van der Waals surface area contributed by atoms with Gasteiger partial charge >= 0.3 is 0 Å². The third kappa shape index (κ3) is 8.17. The molecule has 0 aliphatic carbocycles. The molecule has 0 saturated carbocycles. The van der Waals surface area contributed by atoms with E-state index >= 15 is 0 Å². The van der Waals surface area contributed by atoms with Crippen molar-refractivity contribution in [2.24, 2.45) is 0 Å². The minimum atomic E-state index is -0.477. The topological polar surface area (TPSA) is 113 Å². The fourth-order valence-corrected chi connectivity index (χ4v) is 4.72. The number of rotatable bonds is 9. The SMILES string of the molecule is Cc1cc(NC(=O)C(C)Sc2ccc(NC(=O)/C(=C/c3cccc(Br)c3)NC(=O)c3ccccc3)cc2)no1. The van der Waals surface area contributed by atoms with E-state index in [0.29, 0.717) is 22.8 Å². The Morgan fingerprint density at radius 1 is 0.949 bits per heavy atom. The highest BCUT2D eigenvalue weighted by Gasteiger charge is 2.17. The molecule has 0 spiro atoms. The van der Waals surface area contributed by atoms with Crippen molar-refractivity contribution in [2.45, 2.75) is 24.0 Å². The number of halogens is 1. The number of aromatic nitrogens is 1. The van der Waals surface area contributed by atoms with Crippen molar-refractivity contribution < 1.29 is 18.9 Å². The van der Waals surface area contributed by atoms with Crippen LogP contribution in [0.3, 0.4) is 0 Å². The molecule has 1 unspecified atom stereocenters. The number of nitrogens with zero attached hydrogens (tertiary/aromatic N) is 1. The van der Waals surface area contributed by atoms with Crippen LogP contribution in [0.5, 0.6) is 0 Å². The highest BCUT2D eigenvalue weighted by atomic mass is 79.9. The molecule has 3 N–H and O–H groups in total. The van der Waals surface area contributed by atoms with Crippen LogP contribution in [-0.2, 0) is 9.59 Å². The molecule has 1 atom stereocenters. The minimum absolute atomic E-state index is 0.0915. The van der Waals surface area contributed by atoms with E-state index in [0.717, 1.165) is 14.9 Å². The second kappa shape index (κ2) is 13.1. The van der Waals surface area contributed by atoms with Crippen molar-refractivity contribution in [3.8, 4) is 0 Å². The number of nitrogens with one attached hydrogen (secondary N) is 3. The van der Waals surface area contributed by atoms with Crippen LogP contribution in [0.15, 0.2) is 105 Å². The lowest BCUT2D eigenvalue weighted by atomic mass is 10.1. The maximum absolute atomic E-state index is 13.2. The molecule has 4 rings (SSSR count). The van der Waals surface area contributed by atoms with E-state index in [2.05, 4.69) is 37.0 Å². The first-order valence-corrected chi connectivity index (χ1v) is 13.6. The number of hydrogen-bond acceptors (Lipinski definition) is 6. The van der Waals surface area contributed by atoms with Gasteiger partial charge in [-0.05, 0) is 74.0 Å². The molecule has 4 aromatic rings. The lowest BCUT2D eigenvalue weighted by Gasteiger charge is -2.13. The highest BCUT2D eigenvalue weighted by Crippen LogP contribution is 2.26. The molecule has 8 nitrogen and oxygen atoms in total. The smallest absolute Gasteiger partial charge is 0.272 e. The average Bonchev–Trinajstić information content (AvgIpc) is 3.34. The van der Waals surface area contributed by atoms with Crippen LogP contribution in [0.25, 0.3) is 6.08 Å². The van der Waals surface area contributed by atoms with Crippen LogP contribution in [-0.4, -0.2) is 28.1 Å². The maximum Gasteiger partial charge on any atom is 0.272 e. The Bertz CT molecular complexity index is 1500. The van der Waals surface area contributed by atoms with Gasteiger partial charge in [0.1, 0.15) is 11.5 Å². The van der Waals surface area contributed by atoms with E-state index < -0.39 is 17.1 Å². The molecular weight excluding hydrogens is 580 g/mol. The molecule has 0 radical (unpaired) electrons. The fraction of sp³-hybridized carbons (Fsp3) is 0.103. The first kappa shape index (κ1) is 27.9. The van der Waals surface area contributed by atoms with Gasteiger partial charge in [-0.3, -0.25) is 14.4 Å². The van der Waals surface area contributed by atoms with E-state index in [1.54, 1.807) is 62.4 Å². The van der Waals surface area contributed by atoms with Gasteiger partial charge in [-0.15, -0.1) is 11.8 Å². The Balaban J connectivity index is 1.43. The molecule has 3 amide bonds. The Labute approximate surface area is 238 Å². The maximum atomic E-state index is 13.2. The summed E-state index contributed by atoms with van der Waals surface area (Å²) >= 11 is 4.79. The van der Waals surface area contributed by atoms with Gasteiger partial charge in [0.05, 0.1) is 5.25 Å². The summed E-state index contributed by atoms with van der Waals surface area (Å²) in [5.74, 6) is -0.101. The molecule has 0 bridgehead atoms. The number of anilines is 2. The summed E-state index contributed by atoms with van der Waals surface area (Å²) < 4.78 is 5.82.